The first-order valence-corrected chi connectivity index (χ1v) is 12.2. The highest BCUT2D eigenvalue weighted by Crippen LogP contribution is 2.53. The van der Waals surface area contributed by atoms with Crippen LogP contribution in [0.5, 0.6) is 11.5 Å². The third-order valence-electron chi connectivity index (χ3n) is 7.65. The van der Waals surface area contributed by atoms with E-state index < -0.39 is 23.9 Å². The van der Waals surface area contributed by atoms with Crippen LogP contribution in [0.3, 0.4) is 0 Å². The molecular weight excluding hydrogens is 470 g/mol. The van der Waals surface area contributed by atoms with Crippen LogP contribution in [0, 0.1) is 11.8 Å². The lowest BCUT2D eigenvalue weighted by Crippen LogP contribution is -2.46. The fraction of sp³-hybridized carbons (Fsp3) is 0.207. The largest absolute Gasteiger partial charge is 0.454 e. The maximum atomic E-state index is 13.8. The van der Waals surface area contributed by atoms with Crippen LogP contribution in [-0.4, -0.2) is 40.4 Å². The summed E-state index contributed by atoms with van der Waals surface area (Å²) in [6, 6.07) is 21.2. The van der Waals surface area contributed by atoms with E-state index in [2.05, 4.69) is 5.32 Å². The average Bonchev–Trinajstić information content (AvgIpc) is 3.59. The molecule has 1 unspecified atom stereocenters. The number of carbonyl (C=O) groups is 3. The quantitative estimate of drug-likeness (QED) is 0.560. The fourth-order valence-corrected chi connectivity index (χ4v) is 6.03. The second-order valence-electron chi connectivity index (χ2n) is 9.64. The van der Waals surface area contributed by atoms with Crippen molar-refractivity contribution in [2.24, 2.45) is 11.8 Å². The topological polar surface area (TPSA) is 88.2 Å². The van der Waals surface area contributed by atoms with Gasteiger partial charge in [-0.3, -0.25) is 19.3 Å². The Balaban J connectivity index is 1.26. The number of rotatable bonds is 4. The Morgan fingerprint density at radius 2 is 1.65 bits per heavy atom. The Labute approximate surface area is 213 Å². The smallest absolute Gasteiger partial charge is 0.247 e. The maximum Gasteiger partial charge on any atom is 0.247 e. The Bertz CT molecular complexity index is 1470. The lowest BCUT2D eigenvalue weighted by molar-refractivity contribution is -0.143. The standard InChI is InChI=1S/C29H23N3O5/c33-27(30-19-10-11-21-22(14-19)37-16-36-21)26-24-23(25-20-9-5-4-8-18(20)12-13-31(25)26)28(34)32(29(24)35)15-17-6-2-1-3-7-17/h1-14,23-26H,15-16H2,(H,30,33)/t23-,24+,25?,26-/m0/s1. The number of benzene rings is 3. The number of ether oxygens (including phenoxy) is 2. The van der Waals surface area contributed by atoms with Crippen molar-refractivity contribution in [3.8, 4) is 11.5 Å². The van der Waals surface area contributed by atoms with Crippen molar-refractivity contribution in [3.05, 3.63) is 95.7 Å². The highest BCUT2D eigenvalue weighted by molar-refractivity contribution is 6.10. The minimum absolute atomic E-state index is 0.132. The summed E-state index contributed by atoms with van der Waals surface area (Å²) in [6.45, 7) is 0.318. The first-order valence-electron chi connectivity index (χ1n) is 12.2. The Morgan fingerprint density at radius 3 is 2.51 bits per heavy atom. The second kappa shape index (κ2) is 8.23. The molecule has 4 aliphatic heterocycles. The number of amides is 3. The number of hydrogen-bond donors (Lipinski definition) is 1. The van der Waals surface area contributed by atoms with E-state index in [-0.39, 0.29) is 31.1 Å². The molecule has 0 aromatic heterocycles. The molecule has 2 saturated heterocycles. The fourth-order valence-electron chi connectivity index (χ4n) is 6.03. The maximum absolute atomic E-state index is 13.8. The summed E-state index contributed by atoms with van der Waals surface area (Å²) in [5.41, 5.74) is 3.34. The van der Waals surface area contributed by atoms with Crippen molar-refractivity contribution in [2.75, 3.05) is 12.1 Å². The molecule has 3 amide bonds. The van der Waals surface area contributed by atoms with Gasteiger partial charge in [0.25, 0.3) is 0 Å². The van der Waals surface area contributed by atoms with Crippen LogP contribution in [-0.2, 0) is 20.9 Å². The molecule has 184 valence electrons. The van der Waals surface area contributed by atoms with Gasteiger partial charge in [-0.15, -0.1) is 0 Å². The van der Waals surface area contributed by atoms with Gasteiger partial charge >= 0.3 is 0 Å². The van der Waals surface area contributed by atoms with Gasteiger partial charge in [0.15, 0.2) is 11.5 Å². The SMILES string of the molecule is O=C(Nc1ccc2c(c1)OCO2)[C@@H]1[C@@H]2C(=O)N(Cc3ccccc3)C(=O)[C@@H]2C2c3ccccc3C=CN21. The third kappa shape index (κ3) is 3.32. The molecule has 4 heterocycles. The first kappa shape index (κ1) is 21.7. The van der Waals surface area contributed by atoms with Gasteiger partial charge < -0.3 is 19.7 Å². The van der Waals surface area contributed by atoms with Crippen LogP contribution in [0.25, 0.3) is 6.08 Å². The molecule has 0 bridgehead atoms. The third-order valence-corrected chi connectivity index (χ3v) is 7.65. The number of fused-ring (bicyclic) bond motifs is 6. The lowest BCUT2D eigenvalue weighted by atomic mass is 9.84. The molecule has 3 aromatic rings. The van der Waals surface area contributed by atoms with Gasteiger partial charge in [0.2, 0.25) is 24.5 Å². The van der Waals surface area contributed by atoms with Crippen molar-refractivity contribution in [1.29, 1.82) is 0 Å². The Morgan fingerprint density at radius 1 is 0.892 bits per heavy atom. The average molecular weight is 494 g/mol. The van der Waals surface area contributed by atoms with Crippen molar-refractivity contribution >= 4 is 29.5 Å². The number of carbonyl (C=O) groups excluding carboxylic acids is 3. The summed E-state index contributed by atoms with van der Waals surface area (Å²) in [5, 5.41) is 2.95. The monoisotopic (exact) mass is 493 g/mol. The van der Waals surface area contributed by atoms with Crippen molar-refractivity contribution in [2.45, 2.75) is 18.6 Å². The zero-order valence-electron chi connectivity index (χ0n) is 19.7. The predicted molar refractivity (Wildman–Crippen MR) is 134 cm³/mol. The van der Waals surface area contributed by atoms with Crippen LogP contribution in [0.4, 0.5) is 5.69 Å². The molecule has 0 radical (unpaired) electrons. The molecule has 4 aliphatic rings. The van der Waals surface area contributed by atoms with Crippen molar-refractivity contribution < 1.29 is 23.9 Å². The second-order valence-corrected chi connectivity index (χ2v) is 9.64. The highest BCUT2D eigenvalue weighted by atomic mass is 16.7. The molecule has 0 spiro atoms. The van der Waals surface area contributed by atoms with E-state index in [1.807, 2.05) is 71.8 Å². The molecule has 8 heteroatoms. The van der Waals surface area contributed by atoms with Crippen LogP contribution in [0.2, 0.25) is 0 Å². The van der Waals surface area contributed by atoms with Gasteiger partial charge in [-0.25, -0.2) is 0 Å². The van der Waals surface area contributed by atoms with E-state index in [0.29, 0.717) is 17.2 Å². The predicted octanol–water partition coefficient (Wildman–Crippen LogP) is 3.57. The molecule has 4 atom stereocenters. The van der Waals surface area contributed by atoms with Crippen molar-refractivity contribution in [1.82, 2.24) is 9.80 Å². The summed E-state index contributed by atoms with van der Waals surface area (Å²) in [5.74, 6) is -1.19. The molecule has 2 fully saturated rings. The van der Waals surface area contributed by atoms with Gasteiger partial charge in [0, 0.05) is 18.0 Å². The number of anilines is 1. The summed E-state index contributed by atoms with van der Waals surface area (Å²) < 4.78 is 10.8. The summed E-state index contributed by atoms with van der Waals surface area (Å²) in [7, 11) is 0. The summed E-state index contributed by atoms with van der Waals surface area (Å²) in [6.07, 6.45) is 3.78. The summed E-state index contributed by atoms with van der Waals surface area (Å²) in [4.78, 5) is 44.6. The molecular formula is C29H23N3O5. The van der Waals surface area contributed by atoms with Gasteiger partial charge in [-0.1, -0.05) is 54.6 Å². The highest BCUT2D eigenvalue weighted by Gasteiger charge is 2.64. The van der Waals surface area contributed by atoms with Crippen molar-refractivity contribution in [3.63, 3.8) is 0 Å². The Kier molecular flexibility index (Phi) is 4.82. The molecule has 0 saturated carbocycles. The van der Waals surface area contributed by atoms with Gasteiger partial charge in [0.1, 0.15) is 6.04 Å². The number of imide groups is 1. The van der Waals surface area contributed by atoms with E-state index in [4.69, 9.17) is 9.47 Å². The minimum atomic E-state index is -0.845. The van der Waals surface area contributed by atoms with Crippen LogP contribution >= 0.6 is 0 Å². The van der Waals surface area contributed by atoms with Gasteiger partial charge in [-0.2, -0.15) is 0 Å². The number of nitrogens with one attached hydrogen (secondary N) is 1. The van der Waals surface area contributed by atoms with Gasteiger partial charge in [-0.05, 0) is 34.9 Å². The van der Waals surface area contributed by atoms with E-state index in [1.165, 1.54) is 4.90 Å². The van der Waals surface area contributed by atoms with E-state index in [9.17, 15) is 14.4 Å². The molecule has 1 N–H and O–H groups in total. The van der Waals surface area contributed by atoms with Crippen LogP contribution < -0.4 is 14.8 Å². The molecule has 3 aromatic carbocycles. The normalized spacial score (nSPS) is 24.6. The Hall–Kier alpha value is -4.59. The van der Waals surface area contributed by atoms with Gasteiger partial charge in [0.05, 0.1) is 24.4 Å². The summed E-state index contributed by atoms with van der Waals surface area (Å²) >= 11 is 0. The number of nitrogens with zero attached hydrogens (tertiary/aromatic N) is 2. The zero-order valence-corrected chi connectivity index (χ0v) is 19.7. The lowest BCUT2D eigenvalue weighted by Gasteiger charge is -2.35. The first-order chi connectivity index (χ1) is 18.1. The number of hydrogen-bond acceptors (Lipinski definition) is 6. The van der Waals surface area contributed by atoms with E-state index in [1.54, 1.807) is 18.2 Å². The number of likely N-dealkylation sites (tertiary alicyclic amines) is 1. The minimum Gasteiger partial charge on any atom is -0.454 e. The molecule has 37 heavy (non-hydrogen) atoms. The zero-order chi connectivity index (χ0) is 25.1. The van der Waals surface area contributed by atoms with Crippen LogP contribution in [0.15, 0.2) is 79.0 Å². The van der Waals surface area contributed by atoms with E-state index >= 15 is 0 Å². The molecule has 8 nitrogen and oxygen atoms in total. The molecule has 7 rings (SSSR count). The van der Waals surface area contributed by atoms with Crippen LogP contribution in [0.1, 0.15) is 22.7 Å². The van der Waals surface area contributed by atoms with E-state index in [0.717, 1.165) is 16.7 Å². The molecule has 0 aliphatic carbocycles.